The molecule has 2 saturated heterocycles. The third-order valence-electron chi connectivity index (χ3n) is 9.39. The van der Waals surface area contributed by atoms with Crippen LogP contribution >= 0.6 is 0 Å². The first-order chi connectivity index (χ1) is 24.5. The summed E-state index contributed by atoms with van der Waals surface area (Å²) in [6.45, 7) is 3.66. The molecule has 13 nitrogen and oxygen atoms in total. The van der Waals surface area contributed by atoms with Crippen LogP contribution in [-0.2, 0) is 25.9 Å². The number of likely N-dealkylation sites (tertiary alicyclic amines) is 1. The molecule has 0 spiro atoms. The number of hydrogen-bond donors (Lipinski definition) is 4. The number of hydrogen-bond acceptors (Lipinski definition) is 9. The number of aliphatic hydroxyl groups excluding tert-OH is 1. The molecule has 2 aliphatic rings. The first-order valence-electron chi connectivity index (χ1n) is 16.9. The van der Waals surface area contributed by atoms with Crippen LogP contribution in [0, 0.1) is 0 Å². The van der Waals surface area contributed by atoms with Crippen LogP contribution in [0.2, 0.25) is 0 Å². The number of ether oxygens (including phenoxy) is 1. The highest BCUT2D eigenvalue weighted by molar-refractivity contribution is 7.91. The van der Waals surface area contributed by atoms with Crippen molar-refractivity contribution in [3.05, 3.63) is 95.9 Å². The van der Waals surface area contributed by atoms with E-state index in [2.05, 4.69) is 30.2 Å². The molecule has 3 amide bonds. The van der Waals surface area contributed by atoms with Crippen molar-refractivity contribution in [2.45, 2.75) is 44.5 Å². The summed E-state index contributed by atoms with van der Waals surface area (Å²) in [6.07, 6.45) is 1.29. The number of alkyl carbamates (subject to hydrolysis) is 1. The second kappa shape index (κ2) is 15.5. The number of anilines is 1. The summed E-state index contributed by atoms with van der Waals surface area (Å²) in [7, 11) is -1.71. The molecule has 6 rings (SSSR count). The summed E-state index contributed by atoms with van der Waals surface area (Å²) < 4.78 is 28.0. The van der Waals surface area contributed by atoms with Crippen molar-refractivity contribution in [3.8, 4) is 22.4 Å². The molecule has 14 heteroatoms. The van der Waals surface area contributed by atoms with E-state index in [-0.39, 0.29) is 23.5 Å². The molecule has 3 heterocycles. The van der Waals surface area contributed by atoms with E-state index >= 15 is 0 Å². The van der Waals surface area contributed by atoms with Crippen molar-refractivity contribution in [2.24, 2.45) is 0 Å². The lowest BCUT2D eigenvalue weighted by Gasteiger charge is -2.29. The van der Waals surface area contributed by atoms with Gasteiger partial charge in [-0.2, -0.15) is 0 Å². The highest BCUT2D eigenvalue weighted by atomic mass is 32.2. The number of imidazole rings is 1. The molecule has 2 aliphatic heterocycles. The van der Waals surface area contributed by atoms with Crippen LogP contribution in [0.25, 0.3) is 22.4 Å². The molecule has 0 unspecified atom stereocenters. The molecule has 0 saturated carbocycles. The van der Waals surface area contributed by atoms with Gasteiger partial charge in [0.1, 0.15) is 11.9 Å². The largest absolute Gasteiger partial charge is 0.453 e. The van der Waals surface area contributed by atoms with Crippen LogP contribution < -0.4 is 10.6 Å². The SMILES string of the molecule is COC(=O)N[C@H](C(=O)N1CCC[C@H]1c1ncc(-c2ccc(-c3ccc(C(=O)Nc4ccc(CN5CCS(=O)(=O)CC5)cc4)cc3)cc2)[nH]1)[C@H](C)O. The molecule has 3 atom stereocenters. The Morgan fingerprint density at radius 1 is 0.941 bits per heavy atom. The second-order valence-electron chi connectivity index (χ2n) is 13.0. The van der Waals surface area contributed by atoms with Gasteiger partial charge in [-0.1, -0.05) is 48.5 Å². The monoisotopic (exact) mass is 714 g/mol. The van der Waals surface area contributed by atoms with Gasteiger partial charge in [-0.05, 0) is 66.3 Å². The van der Waals surface area contributed by atoms with E-state index in [4.69, 9.17) is 0 Å². The third kappa shape index (κ3) is 8.64. The number of nitrogens with one attached hydrogen (secondary N) is 3. The number of amides is 3. The average Bonchev–Trinajstić information content (AvgIpc) is 3.83. The van der Waals surface area contributed by atoms with E-state index in [1.165, 1.54) is 14.0 Å². The third-order valence-corrected chi connectivity index (χ3v) is 11.0. The molecule has 1 aromatic heterocycles. The van der Waals surface area contributed by atoms with Gasteiger partial charge in [-0.25, -0.2) is 18.2 Å². The van der Waals surface area contributed by atoms with Crippen LogP contribution in [0.3, 0.4) is 0 Å². The van der Waals surface area contributed by atoms with Crippen LogP contribution in [0.1, 0.15) is 47.6 Å². The average molecular weight is 715 g/mol. The fourth-order valence-electron chi connectivity index (χ4n) is 6.44. The van der Waals surface area contributed by atoms with Crippen molar-refractivity contribution >= 4 is 33.4 Å². The van der Waals surface area contributed by atoms with Gasteiger partial charge in [0, 0.05) is 37.4 Å². The minimum absolute atomic E-state index is 0.192. The molecule has 0 bridgehead atoms. The minimum atomic E-state index is -2.91. The topological polar surface area (TPSA) is 174 Å². The molecule has 4 N–H and O–H groups in total. The van der Waals surface area contributed by atoms with Crippen molar-refractivity contribution < 1.29 is 32.6 Å². The van der Waals surface area contributed by atoms with E-state index in [1.54, 1.807) is 23.2 Å². The standard InChI is InChI=1S/C37H42N6O7S/c1-24(44)33(41-37(47)50-2)36(46)43-17-3-4-32(43)34-38-22-31(40-34)28-11-7-26(8-12-28)27-9-13-29(14-10-27)35(45)39-30-15-5-25(6-16-30)23-42-18-20-51(48,49)21-19-42/h5-16,22,24,32-33,44H,3-4,17-21,23H2,1-2H3,(H,38,40)(H,39,45)(H,41,47)/t24-,32-,33-/m0/s1. The van der Waals surface area contributed by atoms with Gasteiger partial charge in [-0.3, -0.25) is 14.5 Å². The lowest BCUT2D eigenvalue weighted by Crippen LogP contribution is -2.53. The van der Waals surface area contributed by atoms with Gasteiger partial charge < -0.3 is 30.4 Å². The molecule has 0 aliphatic carbocycles. The van der Waals surface area contributed by atoms with Gasteiger partial charge in [0.15, 0.2) is 9.84 Å². The number of methoxy groups -OCH3 is 1. The zero-order valence-electron chi connectivity index (χ0n) is 28.5. The number of aromatic amines is 1. The quantitative estimate of drug-likeness (QED) is 0.189. The van der Waals surface area contributed by atoms with Gasteiger partial charge in [0.05, 0.1) is 42.7 Å². The fraction of sp³-hybridized carbons (Fsp3) is 0.351. The van der Waals surface area contributed by atoms with Gasteiger partial charge >= 0.3 is 6.09 Å². The predicted octanol–water partition coefficient (Wildman–Crippen LogP) is 4.00. The number of H-pyrrole nitrogens is 1. The summed E-state index contributed by atoms with van der Waals surface area (Å²) in [5.74, 6) is 0.396. The lowest BCUT2D eigenvalue weighted by molar-refractivity contribution is -0.137. The summed E-state index contributed by atoms with van der Waals surface area (Å²) in [5.41, 5.74) is 5.89. The van der Waals surface area contributed by atoms with Gasteiger partial charge in [-0.15, -0.1) is 0 Å². The van der Waals surface area contributed by atoms with Crippen molar-refractivity contribution in [1.29, 1.82) is 0 Å². The number of nitrogens with zero attached hydrogens (tertiary/aromatic N) is 3. The molecule has 2 fully saturated rings. The normalized spacial score (nSPS) is 18.5. The Bertz CT molecular complexity index is 1950. The number of benzene rings is 3. The number of carbonyl (C=O) groups excluding carboxylic acids is 3. The van der Waals surface area contributed by atoms with Crippen LogP contribution in [0.5, 0.6) is 0 Å². The summed E-state index contributed by atoms with van der Waals surface area (Å²) in [6, 6.07) is 21.5. The molecular formula is C37H42N6O7S. The van der Waals surface area contributed by atoms with Crippen molar-refractivity contribution in [3.63, 3.8) is 0 Å². The maximum atomic E-state index is 13.3. The Morgan fingerprint density at radius 2 is 1.57 bits per heavy atom. The van der Waals surface area contributed by atoms with Crippen molar-refractivity contribution in [1.82, 2.24) is 25.1 Å². The Hall–Kier alpha value is -5.05. The summed E-state index contributed by atoms with van der Waals surface area (Å²) in [5, 5.41) is 15.5. The summed E-state index contributed by atoms with van der Waals surface area (Å²) in [4.78, 5) is 49.7. The smallest absolute Gasteiger partial charge is 0.407 e. The number of sulfone groups is 1. The number of rotatable bonds is 10. The Balaban J connectivity index is 1.05. The van der Waals surface area contributed by atoms with Crippen LogP contribution in [0.15, 0.2) is 79.0 Å². The van der Waals surface area contributed by atoms with E-state index in [0.29, 0.717) is 49.7 Å². The molecule has 51 heavy (non-hydrogen) atoms. The molecule has 3 aromatic carbocycles. The molecule has 0 radical (unpaired) electrons. The Kier molecular flexibility index (Phi) is 10.8. The maximum absolute atomic E-state index is 13.3. The van der Waals surface area contributed by atoms with Gasteiger partial charge in [0.25, 0.3) is 5.91 Å². The van der Waals surface area contributed by atoms with Crippen LogP contribution in [-0.4, -0.2) is 102 Å². The number of aromatic nitrogens is 2. The number of aliphatic hydroxyl groups is 1. The highest BCUT2D eigenvalue weighted by Gasteiger charge is 2.38. The van der Waals surface area contributed by atoms with Crippen LogP contribution in [0.4, 0.5) is 10.5 Å². The fourth-order valence-corrected chi connectivity index (χ4v) is 7.72. The van der Waals surface area contributed by atoms with E-state index in [1.807, 2.05) is 60.7 Å². The highest BCUT2D eigenvalue weighted by Crippen LogP contribution is 2.33. The predicted molar refractivity (Wildman–Crippen MR) is 192 cm³/mol. The van der Waals surface area contributed by atoms with E-state index < -0.39 is 34.0 Å². The second-order valence-corrected chi connectivity index (χ2v) is 15.3. The van der Waals surface area contributed by atoms with Crippen molar-refractivity contribution in [2.75, 3.05) is 43.6 Å². The first kappa shape index (κ1) is 35.8. The zero-order chi connectivity index (χ0) is 36.1. The first-order valence-corrected chi connectivity index (χ1v) is 18.7. The molecular weight excluding hydrogens is 673 g/mol. The van der Waals surface area contributed by atoms with E-state index in [9.17, 15) is 27.9 Å². The Labute approximate surface area is 296 Å². The minimum Gasteiger partial charge on any atom is -0.453 e. The lowest BCUT2D eigenvalue weighted by atomic mass is 10.0. The Morgan fingerprint density at radius 3 is 2.20 bits per heavy atom. The van der Waals surface area contributed by atoms with Gasteiger partial charge in [0.2, 0.25) is 5.91 Å². The zero-order valence-corrected chi connectivity index (χ0v) is 29.4. The number of carbonyl (C=O) groups is 3. The molecule has 4 aromatic rings. The maximum Gasteiger partial charge on any atom is 0.407 e. The molecule has 268 valence electrons. The van der Waals surface area contributed by atoms with E-state index in [0.717, 1.165) is 34.4 Å². The summed E-state index contributed by atoms with van der Waals surface area (Å²) >= 11 is 0.